The van der Waals surface area contributed by atoms with Gasteiger partial charge in [-0.25, -0.2) is 19.9 Å². The summed E-state index contributed by atoms with van der Waals surface area (Å²) in [6, 6.07) is 0. The number of nitrogens with two attached hydrogens (primary N) is 2. The van der Waals surface area contributed by atoms with Crippen molar-refractivity contribution in [2.24, 2.45) is 0 Å². The zero-order valence-electron chi connectivity index (χ0n) is 22.1. The monoisotopic (exact) mass is 660 g/mol. The zero-order chi connectivity index (χ0) is 31.5. The standard InChI is InChI=1S/C20H26N10O12P2/c21-14-8-15(24-3-23-14)29(4-25-8)18-12(33)10(31)7(41-18)2-40-44(37,38)13-11(32)6(1-39-43(35)36)42-19(13)30-5-26-9-16(30)27-20(22)28-17(9)34/h3-7,10-13,18-19,31-33,43H,1-2H2,(H,35,36)(H,37,38)(H2,21,23,24)(H3,22,27,28,34)/t6-,7-,10-,11+,12-,13-,18-,19-/m1/s1. The molecule has 2 fully saturated rings. The first-order valence-electron chi connectivity index (χ1n) is 12.7. The van der Waals surface area contributed by atoms with E-state index in [0.717, 1.165) is 10.9 Å². The maximum atomic E-state index is 13.7. The van der Waals surface area contributed by atoms with Gasteiger partial charge < -0.3 is 55.1 Å². The smallest absolute Gasteiger partial charge is 0.338 e. The van der Waals surface area contributed by atoms with E-state index in [9.17, 15) is 34.1 Å². The molecule has 2 aliphatic rings. The molecule has 4 aromatic rings. The minimum Gasteiger partial charge on any atom is -0.389 e. The minimum atomic E-state index is -4.99. The fourth-order valence-corrected chi connectivity index (χ4v) is 7.11. The van der Waals surface area contributed by atoms with E-state index in [1.807, 2.05) is 0 Å². The number of aromatic amines is 1. The summed E-state index contributed by atoms with van der Waals surface area (Å²) < 4.78 is 48.7. The quantitative estimate of drug-likeness (QED) is 0.0827. The van der Waals surface area contributed by atoms with E-state index in [2.05, 4.69) is 34.4 Å². The Kier molecular flexibility index (Phi) is 8.01. The molecule has 0 aliphatic carbocycles. The molecule has 6 rings (SSSR count). The Morgan fingerprint density at radius 2 is 1.61 bits per heavy atom. The Hall–Kier alpha value is -3.40. The molecule has 0 radical (unpaired) electrons. The molecule has 2 saturated heterocycles. The third-order valence-corrected chi connectivity index (χ3v) is 9.48. The number of H-pyrrole nitrogens is 1. The Balaban J connectivity index is 1.26. The van der Waals surface area contributed by atoms with Gasteiger partial charge in [-0.3, -0.25) is 28.0 Å². The molecule has 4 aromatic heterocycles. The van der Waals surface area contributed by atoms with Crippen LogP contribution in [0, 0.1) is 0 Å². The number of fused-ring (bicyclic) bond motifs is 2. The first-order chi connectivity index (χ1) is 20.9. The van der Waals surface area contributed by atoms with Crippen LogP contribution in [0.5, 0.6) is 0 Å². The number of hydrogen-bond donors (Lipinski definition) is 8. The number of hydrogen-bond acceptors (Lipinski definition) is 17. The van der Waals surface area contributed by atoms with Crippen molar-refractivity contribution in [3.8, 4) is 0 Å². The molecule has 0 saturated carbocycles. The van der Waals surface area contributed by atoms with Gasteiger partial charge in [0.15, 0.2) is 35.1 Å². The van der Waals surface area contributed by atoms with Crippen molar-refractivity contribution in [3.05, 3.63) is 29.3 Å². The van der Waals surface area contributed by atoms with Gasteiger partial charge in [0.05, 0.1) is 25.9 Å². The molecule has 22 nitrogen and oxygen atoms in total. The summed E-state index contributed by atoms with van der Waals surface area (Å²) in [4.78, 5) is 54.7. The molecule has 10 N–H and O–H groups in total. The highest BCUT2D eigenvalue weighted by Gasteiger charge is 2.56. The Morgan fingerprint density at radius 3 is 2.34 bits per heavy atom. The van der Waals surface area contributed by atoms with Crippen LogP contribution in [0.4, 0.5) is 11.8 Å². The highest BCUT2D eigenvalue weighted by Crippen LogP contribution is 2.57. The maximum Gasteiger partial charge on any atom is 0.338 e. The number of nitrogens with zero attached hydrogens (tertiary/aromatic N) is 7. The van der Waals surface area contributed by atoms with Crippen LogP contribution in [0.15, 0.2) is 23.8 Å². The molecule has 0 spiro atoms. The lowest BCUT2D eigenvalue weighted by atomic mass is 10.1. The van der Waals surface area contributed by atoms with Gasteiger partial charge >= 0.3 is 15.9 Å². The van der Waals surface area contributed by atoms with Crippen molar-refractivity contribution in [2.75, 3.05) is 24.7 Å². The summed E-state index contributed by atoms with van der Waals surface area (Å²) in [5.41, 5.74) is 8.96. The van der Waals surface area contributed by atoms with Gasteiger partial charge in [0.2, 0.25) is 5.95 Å². The summed E-state index contributed by atoms with van der Waals surface area (Å²) in [5.74, 6) is -0.236. The molecule has 44 heavy (non-hydrogen) atoms. The van der Waals surface area contributed by atoms with E-state index in [-0.39, 0.29) is 34.1 Å². The van der Waals surface area contributed by atoms with E-state index in [0.29, 0.717) is 0 Å². The molecule has 0 amide bonds. The molecule has 10 atom stereocenters. The molecule has 2 aliphatic heterocycles. The number of rotatable bonds is 9. The van der Waals surface area contributed by atoms with Gasteiger partial charge in [-0.05, 0) is 0 Å². The topological polar surface area (TPSA) is 331 Å². The molecule has 238 valence electrons. The Morgan fingerprint density at radius 1 is 0.955 bits per heavy atom. The van der Waals surface area contributed by atoms with E-state index >= 15 is 0 Å². The number of nitrogen functional groups attached to an aromatic ring is 2. The molecule has 2 unspecified atom stereocenters. The summed E-state index contributed by atoms with van der Waals surface area (Å²) in [5, 5.41) is 32.4. The minimum absolute atomic E-state index is 0.0677. The van der Waals surface area contributed by atoms with Crippen LogP contribution in [0.3, 0.4) is 0 Å². The fraction of sp³-hybridized carbons (Fsp3) is 0.500. The number of aromatic nitrogens is 8. The van der Waals surface area contributed by atoms with Crippen LogP contribution in [0.1, 0.15) is 12.5 Å². The van der Waals surface area contributed by atoms with Crippen molar-refractivity contribution in [3.63, 3.8) is 0 Å². The number of aliphatic hydroxyl groups is 3. The van der Waals surface area contributed by atoms with E-state index in [4.69, 9.17) is 30.4 Å². The number of ether oxygens (including phenoxy) is 2. The van der Waals surface area contributed by atoms with Crippen LogP contribution < -0.4 is 17.0 Å². The Bertz CT molecular complexity index is 1830. The Labute approximate surface area is 244 Å². The van der Waals surface area contributed by atoms with Gasteiger partial charge in [-0.15, -0.1) is 0 Å². The predicted molar refractivity (Wildman–Crippen MR) is 145 cm³/mol. The SMILES string of the molecule is Nc1nc2c(ncn2[C@@H]2O[C@H](CO[PH](=O)O)[C@H](O)[C@H]2P(=O)(O)OC[C@H]2O[C@@H](n3cnc4c(N)ncnc43)[C@H](O)[C@@H]2O)c(=O)[nH]1. The number of nitrogens with one attached hydrogen (secondary N) is 1. The molecule has 6 heterocycles. The number of imidazole rings is 2. The lowest BCUT2D eigenvalue weighted by Gasteiger charge is -2.27. The van der Waals surface area contributed by atoms with Crippen LogP contribution in [0.25, 0.3) is 22.3 Å². The lowest BCUT2D eigenvalue weighted by molar-refractivity contribution is -0.0494. The van der Waals surface area contributed by atoms with E-state index in [1.165, 1.54) is 17.2 Å². The second-order valence-corrected chi connectivity index (χ2v) is 12.7. The molecule has 24 heteroatoms. The van der Waals surface area contributed by atoms with Gasteiger partial charge in [0, 0.05) is 0 Å². The largest absolute Gasteiger partial charge is 0.389 e. The van der Waals surface area contributed by atoms with Crippen molar-refractivity contribution in [1.29, 1.82) is 0 Å². The van der Waals surface area contributed by atoms with Crippen molar-refractivity contribution in [2.45, 2.75) is 48.6 Å². The van der Waals surface area contributed by atoms with Crippen LogP contribution in [0.2, 0.25) is 0 Å². The summed E-state index contributed by atoms with van der Waals surface area (Å²) in [6.45, 7) is -1.42. The van der Waals surface area contributed by atoms with Gasteiger partial charge in [-0.1, -0.05) is 0 Å². The van der Waals surface area contributed by atoms with E-state index < -0.39 is 83.3 Å². The van der Waals surface area contributed by atoms with E-state index in [1.54, 1.807) is 0 Å². The van der Waals surface area contributed by atoms with Gasteiger partial charge in [-0.2, -0.15) is 4.98 Å². The van der Waals surface area contributed by atoms with Crippen LogP contribution in [-0.2, 0) is 27.7 Å². The summed E-state index contributed by atoms with van der Waals surface area (Å²) >= 11 is 0. The van der Waals surface area contributed by atoms with Crippen molar-refractivity contribution in [1.82, 2.24) is 39.0 Å². The second-order valence-electron chi connectivity index (χ2n) is 9.89. The number of aliphatic hydroxyl groups excluding tert-OH is 3. The fourth-order valence-electron chi connectivity index (χ4n) is 5.15. The van der Waals surface area contributed by atoms with Crippen LogP contribution in [-0.4, -0.2) is 114 Å². The molecule has 0 aromatic carbocycles. The average molecular weight is 660 g/mol. The summed E-state index contributed by atoms with van der Waals surface area (Å²) in [6.07, 6.45) is -7.12. The molecule has 0 bridgehead atoms. The van der Waals surface area contributed by atoms with Gasteiger partial charge in [0.1, 0.15) is 48.0 Å². The zero-order valence-corrected chi connectivity index (χ0v) is 24.0. The lowest BCUT2D eigenvalue weighted by Crippen LogP contribution is -2.36. The number of anilines is 2. The third-order valence-electron chi connectivity index (χ3n) is 7.23. The highest BCUT2D eigenvalue weighted by atomic mass is 31.2. The maximum absolute atomic E-state index is 13.7. The normalized spacial score (nSPS) is 31.1. The predicted octanol–water partition coefficient (Wildman–Crippen LogP) is -3.03. The van der Waals surface area contributed by atoms with Gasteiger partial charge in [0.25, 0.3) is 5.56 Å². The highest BCUT2D eigenvalue weighted by molar-refractivity contribution is 7.53. The molecular formula is C20H26N10O12P2. The van der Waals surface area contributed by atoms with Crippen molar-refractivity contribution >= 4 is 49.9 Å². The first kappa shape index (κ1) is 30.6. The first-order valence-corrected chi connectivity index (χ1v) is 15.6. The van der Waals surface area contributed by atoms with Crippen LogP contribution >= 0.6 is 15.9 Å². The average Bonchev–Trinajstić information content (AvgIpc) is 3.72. The summed E-state index contributed by atoms with van der Waals surface area (Å²) in [7, 11) is -8.46. The van der Waals surface area contributed by atoms with Crippen molar-refractivity contribution < 1.29 is 52.8 Å². The third kappa shape index (κ3) is 5.29. The second kappa shape index (κ2) is 11.5. The molecular weight excluding hydrogens is 634 g/mol.